The third-order valence-electron chi connectivity index (χ3n) is 3.80. The Bertz CT molecular complexity index is 306. The second kappa shape index (κ2) is 5.49. The molecule has 1 saturated heterocycles. The molecule has 17 heavy (non-hydrogen) atoms. The van der Waals surface area contributed by atoms with E-state index in [9.17, 15) is 14.7 Å². The summed E-state index contributed by atoms with van der Waals surface area (Å²) in [5, 5.41) is 9.33. The Kier molecular flexibility index (Phi) is 4.51. The molecule has 0 spiro atoms. The lowest BCUT2D eigenvalue weighted by Gasteiger charge is -2.40. The van der Waals surface area contributed by atoms with Gasteiger partial charge in [0.1, 0.15) is 0 Å². The summed E-state index contributed by atoms with van der Waals surface area (Å²) in [5.41, 5.74) is 4.59. The highest BCUT2D eigenvalue weighted by molar-refractivity contribution is 5.76. The van der Waals surface area contributed by atoms with Crippen molar-refractivity contribution in [2.75, 3.05) is 19.6 Å². The minimum absolute atomic E-state index is 0.226. The maximum atomic E-state index is 11.4. The highest BCUT2D eigenvalue weighted by Gasteiger charge is 2.40. The van der Waals surface area contributed by atoms with Crippen LogP contribution in [-0.4, -0.2) is 41.5 Å². The van der Waals surface area contributed by atoms with Crippen LogP contribution in [-0.2, 0) is 9.59 Å². The van der Waals surface area contributed by atoms with Crippen molar-refractivity contribution in [1.29, 1.82) is 0 Å². The van der Waals surface area contributed by atoms with Crippen LogP contribution in [0.15, 0.2) is 0 Å². The molecule has 5 nitrogen and oxygen atoms in total. The Morgan fingerprint density at radius 3 is 2.65 bits per heavy atom. The van der Waals surface area contributed by atoms with Crippen LogP contribution < -0.4 is 5.73 Å². The lowest BCUT2D eigenvalue weighted by atomic mass is 9.77. The van der Waals surface area contributed by atoms with Gasteiger partial charge in [0.05, 0.1) is 5.41 Å². The number of piperidine rings is 1. The van der Waals surface area contributed by atoms with E-state index in [1.807, 2.05) is 6.92 Å². The van der Waals surface area contributed by atoms with Gasteiger partial charge < -0.3 is 15.7 Å². The van der Waals surface area contributed by atoms with E-state index in [0.29, 0.717) is 19.5 Å². The van der Waals surface area contributed by atoms with E-state index >= 15 is 0 Å². The first-order chi connectivity index (χ1) is 7.91. The lowest BCUT2D eigenvalue weighted by Crippen LogP contribution is -2.49. The Balaban J connectivity index is 2.65. The van der Waals surface area contributed by atoms with Gasteiger partial charge >= 0.3 is 5.97 Å². The van der Waals surface area contributed by atoms with Crippen molar-refractivity contribution >= 4 is 11.9 Å². The third-order valence-corrected chi connectivity index (χ3v) is 3.80. The summed E-state index contributed by atoms with van der Waals surface area (Å²) in [6.45, 7) is 5.63. The maximum Gasteiger partial charge on any atom is 0.310 e. The molecular weight excluding hydrogens is 220 g/mol. The molecule has 0 aromatic carbocycles. The molecule has 0 aromatic rings. The zero-order valence-electron chi connectivity index (χ0n) is 10.6. The number of hydrogen-bond donors (Lipinski definition) is 2. The van der Waals surface area contributed by atoms with Crippen LogP contribution >= 0.6 is 0 Å². The van der Waals surface area contributed by atoms with Crippen molar-refractivity contribution in [3.8, 4) is 0 Å². The van der Waals surface area contributed by atoms with Gasteiger partial charge in [0.25, 0.3) is 0 Å². The summed E-state index contributed by atoms with van der Waals surface area (Å²) < 4.78 is 0. The van der Waals surface area contributed by atoms with Gasteiger partial charge in [-0.05, 0) is 25.8 Å². The number of primary amides is 1. The molecule has 2 unspecified atom stereocenters. The molecule has 5 heteroatoms. The largest absolute Gasteiger partial charge is 0.481 e. The van der Waals surface area contributed by atoms with Crippen LogP contribution in [0.2, 0.25) is 0 Å². The summed E-state index contributed by atoms with van der Waals surface area (Å²) in [5.74, 6) is -1.28. The standard InChI is InChI=1S/C12H22N2O3/c1-3-12(11(16)17)5-4-6-14(8-12)7-9(2)10(13)15/h9H,3-8H2,1-2H3,(H2,13,15)(H,16,17). The second-order valence-electron chi connectivity index (χ2n) is 5.08. The highest BCUT2D eigenvalue weighted by Crippen LogP contribution is 2.33. The fourth-order valence-electron chi connectivity index (χ4n) is 2.47. The Hall–Kier alpha value is -1.10. The van der Waals surface area contributed by atoms with Gasteiger partial charge in [0.2, 0.25) is 5.91 Å². The van der Waals surface area contributed by atoms with Crippen LogP contribution in [0.25, 0.3) is 0 Å². The minimum atomic E-state index is -0.726. The number of likely N-dealkylation sites (tertiary alicyclic amines) is 1. The number of rotatable bonds is 5. The SMILES string of the molecule is CCC1(C(=O)O)CCCN(CC(C)C(N)=O)C1. The van der Waals surface area contributed by atoms with E-state index in [-0.39, 0.29) is 11.8 Å². The van der Waals surface area contributed by atoms with E-state index < -0.39 is 11.4 Å². The van der Waals surface area contributed by atoms with Crippen molar-refractivity contribution < 1.29 is 14.7 Å². The lowest BCUT2D eigenvalue weighted by molar-refractivity contribution is -0.153. The van der Waals surface area contributed by atoms with Gasteiger partial charge in [0.15, 0.2) is 0 Å². The van der Waals surface area contributed by atoms with Crippen molar-refractivity contribution in [1.82, 2.24) is 4.90 Å². The number of carbonyl (C=O) groups excluding carboxylic acids is 1. The van der Waals surface area contributed by atoms with Crippen LogP contribution in [0.1, 0.15) is 33.1 Å². The molecule has 1 amide bonds. The Labute approximate surface area is 102 Å². The van der Waals surface area contributed by atoms with E-state index in [2.05, 4.69) is 4.90 Å². The molecule has 3 N–H and O–H groups in total. The first-order valence-electron chi connectivity index (χ1n) is 6.16. The molecule has 0 aliphatic carbocycles. The molecule has 1 aliphatic heterocycles. The fourth-order valence-corrected chi connectivity index (χ4v) is 2.47. The molecule has 98 valence electrons. The quantitative estimate of drug-likeness (QED) is 0.742. The number of nitrogens with zero attached hydrogens (tertiary/aromatic N) is 1. The van der Waals surface area contributed by atoms with Gasteiger partial charge in [0, 0.05) is 19.0 Å². The Morgan fingerprint density at radius 1 is 1.53 bits per heavy atom. The number of carboxylic acids is 1. The molecule has 1 fully saturated rings. The van der Waals surface area contributed by atoms with Gasteiger partial charge in [-0.1, -0.05) is 13.8 Å². The Morgan fingerprint density at radius 2 is 2.18 bits per heavy atom. The van der Waals surface area contributed by atoms with Crippen molar-refractivity contribution in [2.45, 2.75) is 33.1 Å². The van der Waals surface area contributed by atoms with Gasteiger partial charge in [-0.15, -0.1) is 0 Å². The van der Waals surface area contributed by atoms with E-state index in [1.54, 1.807) is 6.92 Å². The predicted molar refractivity (Wildman–Crippen MR) is 64.4 cm³/mol. The fraction of sp³-hybridized carbons (Fsp3) is 0.833. The monoisotopic (exact) mass is 242 g/mol. The number of carbonyl (C=O) groups is 2. The van der Waals surface area contributed by atoms with Crippen LogP contribution in [0.3, 0.4) is 0 Å². The van der Waals surface area contributed by atoms with E-state index in [1.165, 1.54) is 0 Å². The third kappa shape index (κ3) is 3.19. The number of hydrogen-bond acceptors (Lipinski definition) is 3. The van der Waals surface area contributed by atoms with E-state index in [0.717, 1.165) is 19.4 Å². The molecule has 0 aromatic heterocycles. The van der Waals surface area contributed by atoms with E-state index in [4.69, 9.17) is 5.73 Å². The van der Waals surface area contributed by atoms with Crippen molar-refractivity contribution in [3.05, 3.63) is 0 Å². The number of amides is 1. The first-order valence-corrected chi connectivity index (χ1v) is 6.16. The zero-order valence-corrected chi connectivity index (χ0v) is 10.6. The van der Waals surface area contributed by atoms with Gasteiger partial charge in [-0.25, -0.2) is 0 Å². The van der Waals surface area contributed by atoms with Gasteiger partial charge in [-0.3, -0.25) is 9.59 Å². The average molecular weight is 242 g/mol. The smallest absolute Gasteiger partial charge is 0.310 e. The summed E-state index contributed by atoms with van der Waals surface area (Å²) >= 11 is 0. The van der Waals surface area contributed by atoms with Crippen LogP contribution in [0, 0.1) is 11.3 Å². The number of carboxylic acid groups (broad SMARTS) is 1. The highest BCUT2D eigenvalue weighted by atomic mass is 16.4. The summed E-state index contributed by atoms with van der Waals surface area (Å²) in [4.78, 5) is 24.4. The van der Waals surface area contributed by atoms with Gasteiger partial charge in [-0.2, -0.15) is 0 Å². The summed E-state index contributed by atoms with van der Waals surface area (Å²) in [7, 11) is 0. The number of nitrogens with two attached hydrogens (primary N) is 1. The molecule has 1 aliphatic rings. The molecule has 0 saturated carbocycles. The topological polar surface area (TPSA) is 83.6 Å². The molecule has 1 heterocycles. The predicted octanol–water partition coefficient (Wildman–Crippen LogP) is 0.685. The summed E-state index contributed by atoms with van der Waals surface area (Å²) in [6, 6.07) is 0. The second-order valence-corrected chi connectivity index (χ2v) is 5.08. The molecule has 0 radical (unpaired) electrons. The normalized spacial score (nSPS) is 27.6. The first kappa shape index (κ1) is 14.0. The number of aliphatic carboxylic acids is 1. The molecule has 2 atom stereocenters. The molecule has 1 rings (SSSR count). The average Bonchev–Trinajstić information content (AvgIpc) is 2.28. The minimum Gasteiger partial charge on any atom is -0.481 e. The molecular formula is C12H22N2O3. The van der Waals surface area contributed by atoms with Crippen molar-refractivity contribution in [3.63, 3.8) is 0 Å². The van der Waals surface area contributed by atoms with Crippen molar-refractivity contribution in [2.24, 2.45) is 17.1 Å². The van der Waals surface area contributed by atoms with Crippen LogP contribution in [0.4, 0.5) is 0 Å². The zero-order chi connectivity index (χ0) is 13.1. The van der Waals surface area contributed by atoms with Crippen LogP contribution in [0.5, 0.6) is 0 Å². The maximum absolute atomic E-state index is 11.4. The summed E-state index contributed by atoms with van der Waals surface area (Å²) in [6.07, 6.45) is 2.22. The molecule has 0 bridgehead atoms.